The van der Waals surface area contributed by atoms with Crippen molar-refractivity contribution in [1.29, 1.82) is 0 Å². The van der Waals surface area contributed by atoms with Crippen LogP contribution in [0.2, 0.25) is 0 Å². The summed E-state index contributed by atoms with van der Waals surface area (Å²) >= 11 is 0. The maximum Gasteiger partial charge on any atom is 0.319 e. The molecular weight excluding hydrogens is 268 g/mol. The van der Waals surface area contributed by atoms with E-state index in [2.05, 4.69) is 10.6 Å². The van der Waals surface area contributed by atoms with Crippen LogP contribution in [0, 0.1) is 12.3 Å². The second-order valence-electron chi connectivity index (χ2n) is 5.82. The summed E-state index contributed by atoms with van der Waals surface area (Å²) in [5.41, 5.74) is 0.963. The van der Waals surface area contributed by atoms with E-state index in [0.29, 0.717) is 18.5 Å². The van der Waals surface area contributed by atoms with Crippen molar-refractivity contribution < 1.29 is 14.7 Å². The van der Waals surface area contributed by atoms with Crippen molar-refractivity contribution in [3.05, 3.63) is 29.8 Å². The molecule has 1 saturated carbocycles. The van der Waals surface area contributed by atoms with Crippen molar-refractivity contribution in [2.75, 3.05) is 11.9 Å². The standard InChI is InChI=1S/C16H22N2O3/c1-12-6-5-7-13(10-12)18-15(21)17-11-16(14(19)20)8-3-2-4-9-16/h5-7,10H,2-4,8-9,11H2,1H3,(H,19,20)(H2,17,18,21). The first-order valence-corrected chi connectivity index (χ1v) is 7.37. The number of aryl methyl sites for hydroxylation is 1. The molecule has 3 N–H and O–H groups in total. The van der Waals surface area contributed by atoms with E-state index in [1.165, 1.54) is 0 Å². The van der Waals surface area contributed by atoms with Crippen molar-refractivity contribution in [2.45, 2.75) is 39.0 Å². The molecule has 1 aliphatic carbocycles. The van der Waals surface area contributed by atoms with Gasteiger partial charge in [0.15, 0.2) is 0 Å². The van der Waals surface area contributed by atoms with Crippen LogP contribution in [0.3, 0.4) is 0 Å². The molecule has 5 heteroatoms. The Morgan fingerprint density at radius 2 is 1.95 bits per heavy atom. The molecule has 2 rings (SSSR count). The lowest BCUT2D eigenvalue weighted by Gasteiger charge is -2.33. The SMILES string of the molecule is Cc1cccc(NC(=O)NCC2(C(=O)O)CCCCC2)c1. The molecule has 0 heterocycles. The van der Waals surface area contributed by atoms with Crippen LogP contribution in [-0.4, -0.2) is 23.7 Å². The molecule has 0 aromatic heterocycles. The van der Waals surface area contributed by atoms with E-state index in [-0.39, 0.29) is 12.6 Å². The molecule has 0 radical (unpaired) electrons. The Morgan fingerprint density at radius 3 is 2.57 bits per heavy atom. The summed E-state index contributed by atoms with van der Waals surface area (Å²) in [4.78, 5) is 23.4. The largest absolute Gasteiger partial charge is 0.481 e. The fourth-order valence-electron chi connectivity index (χ4n) is 2.84. The lowest BCUT2D eigenvalue weighted by molar-refractivity contribution is -0.150. The van der Waals surface area contributed by atoms with Gasteiger partial charge in [-0.3, -0.25) is 4.79 Å². The molecule has 0 saturated heterocycles. The van der Waals surface area contributed by atoms with E-state index in [0.717, 1.165) is 24.8 Å². The average molecular weight is 290 g/mol. The van der Waals surface area contributed by atoms with Crippen LogP contribution in [0.1, 0.15) is 37.7 Å². The fraction of sp³-hybridized carbons (Fsp3) is 0.500. The van der Waals surface area contributed by atoms with Gasteiger partial charge in [-0.25, -0.2) is 4.79 Å². The second kappa shape index (κ2) is 6.61. The number of aliphatic carboxylic acids is 1. The summed E-state index contributed by atoms with van der Waals surface area (Å²) in [5, 5.41) is 14.9. The molecule has 1 aromatic carbocycles. The Labute approximate surface area is 124 Å². The van der Waals surface area contributed by atoms with Crippen LogP contribution in [-0.2, 0) is 4.79 Å². The monoisotopic (exact) mass is 290 g/mol. The highest BCUT2D eigenvalue weighted by molar-refractivity contribution is 5.89. The van der Waals surface area contributed by atoms with E-state index in [4.69, 9.17) is 0 Å². The van der Waals surface area contributed by atoms with Gasteiger partial charge in [0.05, 0.1) is 5.41 Å². The molecule has 0 bridgehead atoms. The van der Waals surface area contributed by atoms with Crippen LogP contribution < -0.4 is 10.6 Å². The topological polar surface area (TPSA) is 78.4 Å². The predicted molar refractivity (Wildman–Crippen MR) is 81.4 cm³/mol. The number of urea groups is 1. The molecule has 5 nitrogen and oxygen atoms in total. The van der Waals surface area contributed by atoms with Crippen molar-refractivity contribution in [3.8, 4) is 0 Å². The zero-order valence-electron chi connectivity index (χ0n) is 12.3. The number of carbonyl (C=O) groups excluding carboxylic acids is 1. The molecule has 21 heavy (non-hydrogen) atoms. The minimum absolute atomic E-state index is 0.181. The Morgan fingerprint density at radius 1 is 1.24 bits per heavy atom. The van der Waals surface area contributed by atoms with E-state index < -0.39 is 11.4 Å². The zero-order valence-corrected chi connectivity index (χ0v) is 12.3. The minimum atomic E-state index is -0.807. The lowest BCUT2D eigenvalue weighted by Crippen LogP contribution is -2.45. The number of hydrogen-bond acceptors (Lipinski definition) is 2. The molecule has 1 aliphatic rings. The highest BCUT2D eigenvalue weighted by Crippen LogP contribution is 2.36. The highest BCUT2D eigenvalue weighted by atomic mass is 16.4. The van der Waals surface area contributed by atoms with Gasteiger partial charge in [0.25, 0.3) is 0 Å². The molecule has 1 fully saturated rings. The van der Waals surface area contributed by atoms with Crippen molar-refractivity contribution in [3.63, 3.8) is 0 Å². The number of nitrogens with one attached hydrogen (secondary N) is 2. The number of carbonyl (C=O) groups is 2. The number of carboxylic acids is 1. The Bertz CT molecular complexity index is 522. The molecule has 0 aliphatic heterocycles. The van der Waals surface area contributed by atoms with Gasteiger partial charge in [0.1, 0.15) is 0 Å². The van der Waals surface area contributed by atoms with Gasteiger partial charge >= 0.3 is 12.0 Å². The van der Waals surface area contributed by atoms with Crippen molar-refractivity contribution >= 4 is 17.7 Å². The Kier molecular flexibility index (Phi) is 4.83. The van der Waals surface area contributed by atoms with Gasteiger partial charge in [-0.05, 0) is 37.5 Å². The number of rotatable bonds is 4. The van der Waals surface area contributed by atoms with Crippen LogP contribution in [0.15, 0.2) is 24.3 Å². The van der Waals surface area contributed by atoms with Gasteiger partial charge in [0, 0.05) is 12.2 Å². The molecule has 2 amide bonds. The number of carboxylic acid groups (broad SMARTS) is 1. The number of amides is 2. The van der Waals surface area contributed by atoms with E-state index in [1.807, 2.05) is 25.1 Å². The highest BCUT2D eigenvalue weighted by Gasteiger charge is 2.39. The van der Waals surface area contributed by atoms with E-state index >= 15 is 0 Å². The molecule has 1 aromatic rings. The van der Waals surface area contributed by atoms with Crippen LogP contribution in [0.4, 0.5) is 10.5 Å². The number of anilines is 1. The Hall–Kier alpha value is -2.04. The summed E-state index contributed by atoms with van der Waals surface area (Å²) in [6.07, 6.45) is 4.16. The number of benzene rings is 1. The first kappa shape index (κ1) is 15.4. The van der Waals surface area contributed by atoms with Crippen molar-refractivity contribution in [2.24, 2.45) is 5.41 Å². The maximum absolute atomic E-state index is 11.9. The van der Waals surface area contributed by atoms with Gasteiger partial charge in [0.2, 0.25) is 0 Å². The normalized spacial score (nSPS) is 17.0. The molecule has 114 valence electrons. The second-order valence-corrected chi connectivity index (χ2v) is 5.82. The fourth-order valence-corrected chi connectivity index (χ4v) is 2.84. The third-order valence-corrected chi connectivity index (χ3v) is 4.13. The Balaban J connectivity index is 1.91. The first-order chi connectivity index (χ1) is 10.0. The number of hydrogen-bond donors (Lipinski definition) is 3. The maximum atomic E-state index is 11.9. The zero-order chi connectivity index (χ0) is 15.3. The smallest absolute Gasteiger partial charge is 0.319 e. The first-order valence-electron chi connectivity index (χ1n) is 7.37. The molecule has 0 atom stereocenters. The lowest BCUT2D eigenvalue weighted by atomic mass is 9.74. The van der Waals surface area contributed by atoms with Gasteiger partial charge in [-0.15, -0.1) is 0 Å². The summed E-state index contributed by atoms with van der Waals surface area (Å²) in [7, 11) is 0. The molecule has 0 spiro atoms. The quantitative estimate of drug-likeness (QED) is 0.797. The third kappa shape index (κ3) is 3.97. The third-order valence-electron chi connectivity index (χ3n) is 4.13. The summed E-state index contributed by atoms with van der Waals surface area (Å²) in [6, 6.07) is 7.13. The minimum Gasteiger partial charge on any atom is -0.481 e. The van der Waals surface area contributed by atoms with Crippen molar-refractivity contribution in [1.82, 2.24) is 5.32 Å². The summed E-state index contributed by atoms with van der Waals surface area (Å²) < 4.78 is 0. The van der Waals surface area contributed by atoms with Gasteiger partial charge in [-0.2, -0.15) is 0 Å². The van der Waals surface area contributed by atoms with E-state index in [1.54, 1.807) is 6.07 Å². The van der Waals surface area contributed by atoms with Crippen LogP contribution >= 0.6 is 0 Å². The summed E-state index contributed by atoms with van der Waals surface area (Å²) in [6.45, 7) is 2.13. The van der Waals surface area contributed by atoms with Crippen LogP contribution in [0.5, 0.6) is 0 Å². The predicted octanol–water partition coefficient (Wildman–Crippen LogP) is 3.15. The summed E-state index contributed by atoms with van der Waals surface area (Å²) in [5.74, 6) is -0.807. The van der Waals surface area contributed by atoms with Gasteiger partial charge in [-0.1, -0.05) is 31.4 Å². The van der Waals surface area contributed by atoms with E-state index in [9.17, 15) is 14.7 Å². The molecular formula is C16H22N2O3. The average Bonchev–Trinajstić information content (AvgIpc) is 2.46. The molecule has 0 unspecified atom stereocenters. The van der Waals surface area contributed by atoms with Gasteiger partial charge < -0.3 is 15.7 Å². The van der Waals surface area contributed by atoms with Crippen LogP contribution in [0.25, 0.3) is 0 Å².